The predicted molar refractivity (Wildman–Crippen MR) is 55.0 cm³/mol. The Labute approximate surface area is 75.2 Å². The molecule has 0 aromatic rings. The average molecular weight is 216 g/mol. The molecule has 1 nitrogen and oxygen atoms in total. The van der Waals surface area contributed by atoms with Crippen molar-refractivity contribution in [2.24, 2.45) is 0 Å². The summed E-state index contributed by atoms with van der Waals surface area (Å²) in [4.78, 5) is 3.46. The Bertz CT molecular complexity index is 92.1. The number of hydrogen-bond donors (Lipinski definition) is 1. The highest BCUT2D eigenvalue weighted by Crippen LogP contribution is 2.02. The number of nitrogens with one attached hydrogen (secondary N) is 1. The van der Waals surface area contributed by atoms with E-state index < -0.39 is 15.7 Å². The summed E-state index contributed by atoms with van der Waals surface area (Å²) >= 11 is 11.4. The molecule has 0 atom stereocenters. The second-order valence-electron chi connectivity index (χ2n) is 3.36. The summed E-state index contributed by atoms with van der Waals surface area (Å²) in [6, 6.07) is 0.980. The van der Waals surface area contributed by atoms with E-state index in [1.807, 2.05) is 0 Å². The van der Waals surface area contributed by atoms with Gasteiger partial charge in [-0.05, 0) is 12.6 Å². The highest BCUT2D eigenvalue weighted by Gasteiger charge is 2.12. The van der Waals surface area contributed by atoms with Gasteiger partial charge in [0.15, 0.2) is 0 Å². The standard InChI is InChI=1S/C5H15Cl2NSi2/c1-10(2,3)8-4-5-9(6)7/h8-9H,4-5H2,1-3H3. The lowest BCUT2D eigenvalue weighted by atomic mass is 10.8. The first-order chi connectivity index (χ1) is 4.42. The van der Waals surface area contributed by atoms with E-state index in [9.17, 15) is 0 Å². The van der Waals surface area contributed by atoms with E-state index >= 15 is 0 Å². The molecule has 62 valence electrons. The zero-order valence-electron chi connectivity index (χ0n) is 6.75. The molecule has 0 amide bonds. The third-order valence-electron chi connectivity index (χ3n) is 1.02. The van der Waals surface area contributed by atoms with E-state index in [0.29, 0.717) is 0 Å². The molecule has 0 saturated carbocycles. The van der Waals surface area contributed by atoms with Crippen LogP contribution < -0.4 is 4.98 Å². The highest BCUT2D eigenvalue weighted by molar-refractivity contribution is 7.33. The Kier molecular flexibility index (Phi) is 5.24. The fourth-order valence-corrected chi connectivity index (χ4v) is 2.76. The van der Waals surface area contributed by atoms with Crippen LogP contribution in [-0.4, -0.2) is 22.2 Å². The smallest absolute Gasteiger partial charge is 0.238 e. The largest absolute Gasteiger partial charge is 0.338 e. The molecule has 0 rings (SSSR count). The van der Waals surface area contributed by atoms with Gasteiger partial charge < -0.3 is 4.98 Å². The molecule has 0 saturated heterocycles. The maximum atomic E-state index is 5.69. The first kappa shape index (κ1) is 11.0. The van der Waals surface area contributed by atoms with Gasteiger partial charge in [0.1, 0.15) is 8.24 Å². The molecule has 0 radical (unpaired) electrons. The summed E-state index contributed by atoms with van der Waals surface area (Å²) in [5, 5.41) is 0. The van der Waals surface area contributed by atoms with E-state index in [2.05, 4.69) is 24.6 Å². The van der Waals surface area contributed by atoms with Crippen LogP contribution in [0.1, 0.15) is 0 Å². The molecule has 0 spiro atoms. The fourth-order valence-electron chi connectivity index (χ4n) is 0.556. The molecule has 5 heteroatoms. The molecule has 1 N–H and O–H groups in total. The van der Waals surface area contributed by atoms with Gasteiger partial charge in [0.05, 0.1) is 0 Å². The zero-order chi connectivity index (χ0) is 8.20. The Morgan fingerprint density at radius 3 is 2.10 bits per heavy atom. The molecule has 0 unspecified atom stereocenters. The number of halogens is 2. The SMILES string of the molecule is C[Si](C)(C)NCC[SiH](Cl)Cl. The Morgan fingerprint density at radius 1 is 1.30 bits per heavy atom. The van der Waals surface area contributed by atoms with Crippen molar-refractivity contribution in [3.63, 3.8) is 0 Å². The van der Waals surface area contributed by atoms with E-state index in [-0.39, 0.29) is 0 Å². The van der Waals surface area contributed by atoms with Gasteiger partial charge in [0.25, 0.3) is 0 Å². The van der Waals surface area contributed by atoms with Crippen molar-refractivity contribution in [3.8, 4) is 0 Å². The van der Waals surface area contributed by atoms with Crippen molar-refractivity contribution in [1.82, 2.24) is 4.98 Å². The van der Waals surface area contributed by atoms with Gasteiger partial charge in [-0.2, -0.15) is 22.2 Å². The fraction of sp³-hybridized carbons (Fsp3) is 1.00. The minimum absolute atomic E-state index is 0.980. The van der Waals surface area contributed by atoms with Crippen LogP contribution >= 0.6 is 22.2 Å². The molecule has 0 aliphatic heterocycles. The van der Waals surface area contributed by atoms with Gasteiger partial charge >= 0.3 is 0 Å². The van der Waals surface area contributed by atoms with Crippen molar-refractivity contribution in [2.45, 2.75) is 25.7 Å². The molecule has 0 aliphatic carbocycles. The summed E-state index contributed by atoms with van der Waals surface area (Å²) in [6.45, 7) is 7.81. The molecule has 0 heterocycles. The van der Waals surface area contributed by atoms with Crippen LogP contribution in [0.25, 0.3) is 0 Å². The monoisotopic (exact) mass is 215 g/mol. The normalized spacial score (nSPS) is 12.6. The van der Waals surface area contributed by atoms with E-state index in [4.69, 9.17) is 22.2 Å². The molecule has 0 fully saturated rings. The molecular weight excluding hydrogens is 201 g/mol. The second-order valence-corrected chi connectivity index (χ2v) is 13.4. The van der Waals surface area contributed by atoms with Crippen LogP contribution in [0.15, 0.2) is 0 Å². The van der Waals surface area contributed by atoms with Gasteiger partial charge in [0.2, 0.25) is 7.42 Å². The first-order valence-corrected chi connectivity index (χ1v) is 11.3. The lowest BCUT2D eigenvalue weighted by Gasteiger charge is -2.17. The van der Waals surface area contributed by atoms with Gasteiger partial charge in [-0.3, -0.25) is 0 Å². The molecule has 0 bridgehead atoms. The Hall–Kier alpha value is 0.974. The summed E-state index contributed by atoms with van der Waals surface area (Å²) in [7, 11) is -2.42. The quantitative estimate of drug-likeness (QED) is 0.560. The summed E-state index contributed by atoms with van der Waals surface area (Å²) < 4.78 is 0. The van der Waals surface area contributed by atoms with Crippen molar-refractivity contribution in [1.29, 1.82) is 0 Å². The minimum atomic E-state index is -1.36. The maximum Gasteiger partial charge on any atom is 0.238 e. The molecular formula is C5H15Cl2NSi2. The maximum absolute atomic E-state index is 5.69. The van der Waals surface area contributed by atoms with Crippen LogP contribution in [-0.2, 0) is 0 Å². The third kappa shape index (κ3) is 8.97. The molecule has 0 aromatic heterocycles. The van der Waals surface area contributed by atoms with Crippen LogP contribution in [0, 0.1) is 0 Å². The lowest BCUT2D eigenvalue weighted by Crippen LogP contribution is -2.42. The molecule has 0 aromatic carbocycles. The van der Waals surface area contributed by atoms with Crippen LogP contribution in [0.3, 0.4) is 0 Å². The Morgan fingerprint density at radius 2 is 1.80 bits per heavy atom. The van der Waals surface area contributed by atoms with Gasteiger partial charge in [-0.1, -0.05) is 19.6 Å². The van der Waals surface area contributed by atoms with Crippen LogP contribution in [0.2, 0.25) is 25.7 Å². The van der Waals surface area contributed by atoms with E-state index in [1.54, 1.807) is 0 Å². The van der Waals surface area contributed by atoms with Crippen molar-refractivity contribution >= 4 is 37.8 Å². The van der Waals surface area contributed by atoms with Crippen LogP contribution in [0.4, 0.5) is 0 Å². The summed E-state index contributed by atoms with van der Waals surface area (Å²) in [5.41, 5.74) is 0. The lowest BCUT2D eigenvalue weighted by molar-refractivity contribution is 0.961. The zero-order valence-corrected chi connectivity index (χ0v) is 10.4. The van der Waals surface area contributed by atoms with Gasteiger partial charge in [-0.25, -0.2) is 0 Å². The number of hydrogen-bond acceptors (Lipinski definition) is 1. The summed E-state index contributed by atoms with van der Waals surface area (Å²) in [6.07, 6.45) is 0. The number of rotatable bonds is 4. The summed E-state index contributed by atoms with van der Waals surface area (Å²) in [5.74, 6) is 0. The van der Waals surface area contributed by atoms with E-state index in [1.165, 1.54) is 0 Å². The van der Waals surface area contributed by atoms with Crippen molar-refractivity contribution in [3.05, 3.63) is 0 Å². The average Bonchev–Trinajstić information content (AvgIpc) is 1.59. The van der Waals surface area contributed by atoms with Gasteiger partial charge in [0, 0.05) is 0 Å². The second kappa shape index (κ2) is 4.77. The third-order valence-corrected chi connectivity index (χ3v) is 4.36. The van der Waals surface area contributed by atoms with Crippen molar-refractivity contribution < 1.29 is 0 Å². The molecule has 10 heavy (non-hydrogen) atoms. The topological polar surface area (TPSA) is 12.0 Å². The molecule has 0 aliphatic rings. The predicted octanol–water partition coefficient (Wildman–Crippen LogP) is 2.11. The highest BCUT2D eigenvalue weighted by atomic mass is 35.7. The van der Waals surface area contributed by atoms with Gasteiger partial charge in [-0.15, -0.1) is 0 Å². The van der Waals surface area contributed by atoms with Crippen LogP contribution in [0.5, 0.6) is 0 Å². The minimum Gasteiger partial charge on any atom is -0.338 e. The Balaban J connectivity index is 3.21. The van der Waals surface area contributed by atoms with E-state index in [0.717, 1.165) is 12.6 Å². The van der Waals surface area contributed by atoms with Crippen molar-refractivity contribution in [2.75, 3.05) is 6.54 Å². The first-order valence-electron chi connectivity index (χ1n) is 3.45.